The molecule has 4 heteroatoms. The Balaban J connectivity index is 1.74. The van der Waals surface area contributed by atoms with Crippen molar-refractivity contribution in [2.24, 2.45) is 0 Å². The van der Waals surface area contributed by atoms with Crippen molar-refractivity contribution in [1.29, 1.82) is 0 Å². The maximum atomic E-state index is 14.3. The lowest BCUT2D eigenvalue weighted by Crippen LogP contribution is -2.04. The lowest BCUT2D eigenvalue weighted by molar-refractivity contribution is 0.630. The zero-order valence-electron chi connectivity index (χ0n) is 14.6. The fourth-order valence-electron chi connectivity index (χ4n) is 2.85. The van der Waals surface area contributed by atoms with Gasteiger partial charge in [0, 0.05) is 23.7 Å². The molecule has 0 bridgehead atoms. The maximum absolute atomic E-state index is 14.3. The number of nitrogens with zero attached hydrogens (tertiary/aromatic N) is 2. The predicted molar refractivity (Wildman–Crippen MR) is 107 cm³/mol. The molecule has 0 atom stereocenters. The summed E-state index contributed by atoms with van der Waals surface area (Å²) in [5, 5.41) is 3.33. The lowest BCUT2D eigenvalue weighted by atomic mass is 10.1. The molecule has 1 heterocycles. The topological polar surface area (TPSA) is 37.8 Å². The minimum atomic E-state index is -0.302. The molecule has 27 heavy (non-hydrogen) atoms. The molecule has 0 saturated carbocycles. The molecular formula is C23H18FN3. The van der Waals surface area contributed by atoms with E-state index >= 15 is 0 Å². The van der Waals surface area contributed by atoms with Gasteiger partial charge in [-0.15, -0.1) is 0 Å². The molecule has 0 saturated heterocycles. The Morgan fingerprint density at radius 3 is 2.15 bits per heavy atom. The number of halogens is 1. The third kappa shape index (κ3) is 4.01. The zero-order chi connectivity index (χ0) is 18.5. The van der Waals surface area contributed by atoms with E-state index in [0.717, 1.165) is 11.1 Å². The van der Waals surface area contributed by atoms with Gasteiger partial charge in [-0.25, -0.2) is 14.4 Å². The molecule has 132 valence electrons. The van der Waals surface area contributed by atoms with E-state index in [1.54, 1.807) is 24.3 Å². The van der Waals surface area contributed by atoms with E-state index in [4.69, 9.17) is 0 Å². The summed E-state index contributed by atoms with van der Waals surface area (Å²) in [5.41, 5.74) is 3.04. The zero-order valence-corrected chi connectivity index (χ0v) is 14.6. The van der Waals surface area contributed by atoms with Crippen molar-refractivity contribution in [3.05, 3.63) is 102 Å². The summed E-state index contributed by atoms with van der Waals surface area (Å²) in [5.74, 6) is 0.919. The van der Waals surface area contributed by atoms with E-state index in [2.05, 4.69) is 15.3 Å². The van der Waals surface area contributed by atoms with Crippen LogP contribution in [0.2, 0.25) is 0 Å². The van der Waals surface area contributed by atoms with Gasteiger partial charge in [0.2, 0.25) is 0 Å². The number of aromatic nitrogens is 2. The van der Waals surface area contributed by atoms with Crippen molar-refractivity contribution >= 4 is 5.82 Å². The molecule has 0 amide bonds. The van der Waals surface area contributed by atoms with Crippen LogP contribution in [-0.4, -0.2) is 9.97 Å². The SMILES string of the molecule is Fc1ccccc1-c1cc(NCc2ccccc2)nc(-c2ccccc2)n1. The van der Waals surface area contributed by atoms with Crippen LogP contribution in [0.25, 0.3) is 22.6 Å². The van der Waals surface area contributed by atoms with Crippen LogP contribution in [0.4, 0.5) is 10.2 Å². The van der Waals surface area contributed by atoms with Gasteiger partial charge in [0.05, 0.1) is 5.69 Å². The highest BCUT2D eigenvalue weighted by molar-refractivity contribution is 5.67. The highest BCUT2D eigenvalue weighted by Crippen LogP contribution is 2.26. The number of benzene rings is 3. The summed E-state index contributed by atoms with van der Waals surface area (Å²) in [7, 11) is 0. The first-order valence-electron chi connectivity index (χ1n) is 8.77. The average Bonchev–Trinajstić information content (AvgIpc) is 2.74. The molecule has 3 nitrogen and oxygen atoms in total. The molecule has 0 aliphatic carbocycles. The highest BCUT2D eigenvalue weighted by Gasteiger charge is 2.11. The predicted octanol–water partition coefficient (Wildman–Crippen LogP) is 5.56. The van der Waals surface area contributed by atoms with Crippen LogP contribution in [0.3, 0.4) is 0 Å². The Hall–Kier alpha value is -3.53. The minimum Gasteiger partial charge on any atom is -0.366 e. The number of rotatable bonds is 5. The summed E-state index contributed by atoms with van der Waals surface area (Å²) in [4.78, 5) is 9.23. The van der Waals surface area contributed by atoms with E-state index in [1.165, 1.54) is 6.07 Å². The van der Waals surface area contributed by atoms with Gasteiger partial charge < -0.3 is 5.32 Å². The molecule has 0 radical (unpaired) electrons. The number of hydrogen-bond donors (Lipinski definition) is 1. The Bertz CT molecular complexity index is 1030. The van der Waals surface area contributed by atoms with Crippen molar-refractivity contribution in [3.63, 3.8) is 0 Å². The second-order valence-electron chi connectivity index (χ2n) is 6.15. The summed E-state index contributed by atoms with van der Waals surface area (Å²) in [6.45, 7) is 0.628. The summed E-state index contributed by atoms with van der Waals surface area (Å²) < 4.78 is 14.3. The van der Waals surface area contributed by atoms with Crippen LogP contribution in [-0.2, 0) is 6.54 Å². The molecule has 0 spiro atoms. The quantitative estimate of drug-likeness (QED) is 0.509. The molecule has 1 N–H and O–H groups in total. The first kappa shape index (κ1) is 16.9. The maximum Gasteiger partial charge on any atom is 0.162 e. The van der Waals surface area contributed by atoms with Gasteiger partial charge in [0.25, 0.3) is 0 Å². The molecule has 4 aromatic rings. The van der Waals surface area contributed by atoms with Crippen LogP contribution in [0.5, 0.6) is 0 Å². The van der Waals surface area contributed by atoms with Gasteiger partial charge in [-0.2, -0.15) is 0 Å². The summed E-state index contributed by atoms with van der Waals surface area (Å²) in [6.07, 6.45) is 0. The van der Waals surface area contributed by atoms with Crippen LogP contribution in [0.1, 0.15) is 5.56 Å². The van der Waals surface area contributed by atoms with Crippen molar-refractivity contribution in [2.45, 2.75) is 6.54 Å². The van der Waals surface area contributed by atoms with E-state index in [1.807, 2.05) is 60.7 Å². The second-order valence-corrected chi connectivity index (χ2v) is 6.15. The van der Waals surface area contributed by atoms with Gasteiger partial charge in [-0.05, 0) is 17.7 Å². The lowest BCUT2D eigenvalue weighted by Gasteiger charge is -2.11. The normalized spacial score (nSPS) is 10.6. The number of nitrogens with one attached hydrogen (secondary N) is 1. The number of hydrogen-bond acceptors (Lipinski definition) is 3. The molecule has 0 unspecified atom stereocenters. The van der Waals surface area contributed by atoms with E-state index < -0.39 is 0 Å². The van der Waals surface area contributed by atoms with Gasteiger partial charge in [-0.1, -0.05) is 72.8 Å². The van der Waals surface area contributed by atoms with Crippen molar-refractivity contribution in [3.8, 4) is 22.6 Å². The minimum absolute atomic E-state index is 0.302. The molecule has 4 rings (SSSR count). The molecule has 1 aromatic heterocycles. The second kappa shape index (κ2) is 7.79. The van der Waals surface area contributed by atoms with Gasteiger partial charge in [-0.3, -0.25) is 0 Å². The molecule has 3 aromatic carbocycles. The smallest absolute Gasteiger partial charge is 0.162 e. The molecule has 0 fully saturated rings. The van der Waals surface area contributed by atoms with E-state index in [0.29, 0.717) is 29.4 Å². The van der Waals surface area contributed by atoms with Gasteiger partial charge in [0.15, 0.2) is 5.82 Å². The molecular weight excluding hydrogens is 337 g/mol. The summed E-state index contributed by atoms with van der Waals surface area (Å²) >= 11 is 0. The third-order valence-corrected chi connectivity index (χ3v) is 4.22. The van der Waals surface area contributed by atoms with E-state index in [9.17, 15) is 4.39 Å². The Morgan fingerprint density at radius 2 is 1.41 bits per heavy atom. The van der Waals surface area contributed by atoms with Crippen LogP contribution in [0.15, 0.2) is 91.0 Å². The molecule has 0 aliphatic rings. The van der Waals surface area contributed by atoms with Crippen LogP contribution < -0.4 is 5.32 Å². The monoisotopic (exact) mass is 355 g/mol. The van der Waals surface area contributed by atoms with Gasteiger partial charge >= 0.3 is 0 Å². The fraction of sp³-hybridized carbons (Fsp3) is 0.0435. The Morgan fingerprint density at radius 1 is 0.741 bits per heavy atom. The van der Waals surface area contributed by atoms with Crippen LogP contribution in [0, 0.1) is 5.82 Å². The third-order valence-electron chi connectivity index (χ3n) is 4.22. The number of anilines is 1. The van der Waals surface area contributed by atoms with E-state index in [-0.39, 0.29) is 5.82 Å². The fourth-order valence-corrected chi connectivity index (χ4v) is 2.85. The van der Waals surface area contributed by atoms with Crippen molar-refractivity contribution < 1.29 is 4.39 Å². The summed E-state index contributed by atoms with van der Waals surface area (Å²) in [6, 6.07) is 28.2. The van der Waals surface area contributed by atoms with Crippen LogP contribution >= 0.6 is 0 Å². The average molecular weight is 355 g/mol. The van der Waals surface area contributed by atoms with Gasteiger partial charge in [0.1, 0.15) is 11.6 Å². The van der Waals surface area contributed by atoms with Crippen molar-refractivity contribution in [2.75, 3.05) is 5.32 Å². The largest absolute Gasteiger partial charge is 0.366 e. The first-order chi connectivity index (χ1) is 13.3. The Kier molecular flexibility index (Phi) is 4.88. The van der Waals surface area contributed by atoms with Crippen molar-refractivity contribution in [1.82, 2.24) is 9.97 Å². The molecule has 0 aliphatic heterocycles. The first-order valence-corrected chi connectivity index (χ1v) is 8.77. The standard InChI is InChI=1S/C23H18FN3/c24-20-14-8-7-13-19(20)21-15-22(25-16-17-9-3-1-4-10-17)27-23(26-21)18-11-5-2-6-12-18/h1-15H,16H2,(H,25,26,27). The Labute approximate surface area is 157 Å². The highest BCUT2D eigenvalue weighted by atomic mass is 19.1.